The average molecular weight is 340 g/mol. The maximum atomic E-state index is 11.7. The Kier molecular flexibility index (Phi) is 4.56. The number of carbonyl (C=O) groups is 1. The number of nitrogens with two attached hydrogens (primary N) is 1. The van der Waals surface area contributed by atoms with Crippen molar-refractivity contribution in [2.45, 2.75) is 20.0 Å². The molecular weight excluding hydrogens is 320 g/mol. The predicted molar refractivity (Wildman–Crippen MR) is 95.5 cm³/mol. The number of anilines is 2. The second kappa shape index (κ2) is 6.80. The summed E-state index contributed by atoms with van der Waals surface area (Å²) in [6, 6.07) is 8.65. The number of cyclic esters (lactones) is 1. The summed E-state index contributed by atoms with van der Waals surface area (Å²) in [4.78, 5) is 17.3. The highest BCUT2D eigenvalue weighted by atomic mass is 16.6. The van der Waals surface area contributed by atoms with Crippen molar-refractivity contribution in [1.29, 1.82) is 5.41 Å². The van der Waals surface area contributed by atoms with E-state index in [1.54, 1.807) is 36.5 Å². The van der Waals surface area contributed by atoms with Gasteiger partial charge in [0.05, 0.1) is 18.4 Å². The summed E-state index contributed by atoms with van der Waals surface area (Å²) >= 11 is 0. The fraction of sp³-hybridized carbons (Fsp3) is 0.278. The second-order valence-electron chi connectivity index (χ2n) is 5.96. The van der Waals surface area contributed by atoms with Gasteiger partial charge in [-0.25, -0.2) is 9.78 Å². The molecule has 7 nitrogen and oxygen atoms in total. The van der Waals surface area contributed by atoms with Crippen molar-refractivity contribution >= 4 is 23.3 Å². The van der Waals surface area contributed by atoms with Gasteiger partial charge in [0.15, 0.2) is 0 Å². The third kappa shape index (κ3) is 3.55. The number of benzene rings is 1. The monoisotopic (exact) mass is 340 g/mol. The van der Waals surface area contributed by atoms with E-state index in [4.69, 9.17) is 20.6 Å². The van der Waals surface area contributed by atoms with Crippen LogP contribution in [0.25, 0.3) is 0 Å². The SMILES string of the molecule is CC(C)Oc1ccc(N)c(C(=N)c2ccnc(N3CCOC3=O)c2)c1. The van der Waals surface area contributed by atoms with Crippen LogP contribution in [0.4, 0.5) is 16.3 Å². The molecule has 0 spiro atoms. The van der Waals surface area contributed by atoms with Crippen molar-refractivity contribution in [1.82, 2.24) is 4.98 Å². The van der Waals surface area contributed by atoms with Gasteiger partial charge in [-0.05, 0) is 44.2 Å². The van der Waals surface area contributed by atoms with E-state index >= 15 is 0 Å². The Morgan fingerprint density at radius 2 is 2.16 bits per heavy atom. The van der Waals surface area contributed by atoms with Crippen LogP contribution in [0, 0.1) is 5.41 Å². The van der Waals surface area contributed by atoms with E-state index < -0.39 is 6.09 Å². The fourth-order valence-corrected chi connectivity index (χ4v) is 2.58. The third-order valence-corrected chi connectivity index (χ3v) is 3.74. The molecule has 1 fully saturated rings. The maximum Gasteiger partial charge on any atom is 0.415 e. The number of hydrogen-bond acceptors (Lipinski definition) is 6. The van der Waals surface area contributed by atoms with Gasteiger partial charge in [-0.1, -0.05) is 0 Å². The van der Waals surface area contributed by atoms with Crippen LogP contribution in [0.15, 0.2) is 36.5 Å². The fourth-order valence-electron chi connectivity index (χ4n) is 2.58. The number of amides is 1. The highest BCUT2D eigenvalue weighted by Crippen LogP contribution is 2.25. The molecule has 0 saturated carbocycles. The minimum atomic E-state index is -0.428. The van der Waals surface area contributed by atoms with Crippen LogP contribution < -0.4 is 15.4 Å². The largest absolute Gasteiger partial charge is 0.491 e. The van der Waals surface area contributed by atoms with E-state index in [9.17, 15) is 4.79 Å². The number of ether oxygens (including phenoxy) is 2. The topological polar surface area (TPSA) is 102 Å². The van der Waals surface area contributed by atoms with Crippen LogP contribution >= 0.6 is 0 Å². The Labute approximate surface area is 145 Å². The van der Waals surface area contributed by atoms with Crippen molar-refractivity contribution in [3.05, 3.63) is 47.7 Å². The van der Waals surface area contributed by atoms with E-state index in [0.29, 0.717) is 41.5 Å². The van der Waals surface area contributed by atoms with Gasteiger partial charge in [0, 0.05) is 23.0 Å². The van der Waals surface area contributed by atoms with Gasteiger partial charge in [-0.15, -0.1) is 0 Å². The average Bonchev–Trinajstić information content (AvgIpc) is 3.02. The number of aromatic nitrogens is 1. The molecule has 1 saturated heterocycles. The van der Waals surface area contributed by atoms with Crippen molar-refractivity contribution in [2.75, 3.05) is 23.8 Å². The molecule has 25 heavy (non-hydrogen) atoms. The molecule has 0 aliphatic carbocycles. The standard InChI is InChI=1S/C18H20N4O3/c1-11(2)25-13-3-4-15(19)14(10-13)17(20)12-5-6-21-16(9-12)22-7-8-24-18(22)23/h3-6,9-11,20H,7-8,19H2,1-2H3. The zero-order valence-electron chi connectivity index (χ0n) is 14.2. The Morgan fingerprint density at radius 1 is 1.36 bits per heavy atom. The zero-order valence-corrected chi connectivity index (χ0v) is 14.2. The van der Waals surface area contributed by atoms with Gasteiger partial charge >= 0.3 is 6.09 Å². The highest BCUT2D eigenvalue weighted by molar-refractivity contribution is 6.14. The summed E-state index contributed by atoms with van der Waals surface area (Å²) in [6.45, 7) is 4.66. The first-order valence-corrected chi connectivity index (χ1v) is 8.01. The van der Waals surface area contributed by atoms with Gasteiger partial charge in [-0.2, -0.15) is 0 Å². The van der Waals surface area contributed by atoms with Crippen LogP contribution in [0.1, 0.15) is 25.0 Å². The summed E-state index contributed by atoms with van der Waals surface area (Å²) < 4.78 is 10.6. The van der Waals surface area contributed by atoms with Crippen molar-refractivity contribution in [2.24, 2.45) is 0 Å². The van der Waals surface area contributed by atoms with Crippen molar-refractivity contribution in [3.8, 4) is 5.75 Å². The minimum Gasteiger partial charge on any atom is -0.491 e. The number of nitrogens with one attached hydrogen (secondary N) is 1. The van der Waals surface area contributed by atoms with Crippen LogP contribution in [-0.2, 0) is 4.74 Å². The molecule has 0 unspecified atom stereocenters. The molecule has 1 aliphatic rings. The van der Waals surface area contributed by atoms with Crippen LogP contribution in [0.3, 0.4) is 0 Å². The molecule has 0 radical (unpaired) electrons. The number of carbonyl (C=O) groups excluding carboxylic acids is 1. The Balaban J connectivity index is 1.92. The maximum absolute atomic E-state index is 11.7. The van der Waals surface area contributed by atoms with E-state index in [1.165, 1.54) is 4.90 Å². The summed E-state index contributed by atoms with van der Waals surface area (Å²) in [6.07, 6.45) is 1.16. The summed E-state index contributed by atoms with van der Waals surface area (Å²) in [7, 11) is 0. The van der Waals surface area contributed by atoms with Crippen molar-refractivity contribution < 1.29 is 14.3 Å². The summed E-state index contributed by atoms with van der Waals surface area (Å²) in [5.41, 5.74) is 7.95. The molecule has 0 atom stereocenters. The molecule has 1 aromatic carbocycles. The molecule has 2 aromatic rings. The molecule has 130 valence electrons. The van der Waals surface area contributed by atoms with Gasteiger partial charge in [0.1, 0.15) is 18.2 Å². The van der Waals surface area contributed by atoms with Crippen LogP contribution in [-0.4, -0.2) is 36.0 Å². The third-order valence-electron chi connectivity index (χ3n) is 3.74. The lowest BCUT2D eigenvalue weighted by Gasteiger charge is -2.15. The lowest BCUT2D eigenvalue weighted by Crippen LogP contribution is -2.24. The molecular formula is C18H20N4O3. The Hall–Kier alpha value is -3.09. The molecule has 1 aliphatic heterocycles. The first kappa shape index (κ1) is 16.8. The van der Waals surface area contributed by atoms with Gasteiger partial charge in [-0.3, -0.25) is 10.3 Å². The normalized spacial score (nSPS) is 13.9. The molecule has 1 aromatic heterocycles. The lowest BCUT2D eigenvalue weighted by molar-refractivity contribution is 0.181. The second-order valence-corrected chi connectivity index (χ2v) is 5.96. The first-order valence-electron chi connectivity index (χ1n) is 8.01. The van der Waals surface area contributed by atoms with E-state index in [2.05, 4.69) is 4.98 Å². The molecule has 0 bridgehead atoms. The number of rotatable bonds is 5. The summed E-state index contributed by atoms with van der Waals surface area (Å²) in [5.74, 6) is 1.11. The van der Waals surface area contributed by atoms with E-state index in [-0.39, 0.29) is 11.8 Å². The number of pyridine rings is 1. The Bertz CT molecular complexity index is 820. The quantitative estimate of drug-likeness (QED) is 0.644. The predicted octanol–water partition coefficient (Wildman–Crippen LogP) is 2.82. The first-order chi connectivity index (χ1) is 12.0. The zero-order chi connectivity index (χ0) is 18.0. The molecule has 1 amide bonds. The van der Waals surface area contributed by atoms with Crippen LogP contribution in [0.2, 0.25) is 0 Å². The number of nitrogen functional groups attached to an aromatic ring is 1. The van der Waals surface area contributed by atoms with Gasteiger partial charge in [0.25, 0.3) is 0 Å². The van der Waals surface area contributed by atoms with E-state index in [0.717, 1.165) is 0 Å². The smallest absolute Gasteiger partial charge is 0.415 e. The highest BCUT2D eigenvalue weighted by Gasteiger charge is 2.25. The number of nitrogens with zero attached hydrogens (tertiary/aromatic N) is 2. The molecule has 3 rings (SSSR count). The van der Waals surface area contributed by atoms with Crippen molar-refractivity contribution in [3.63, 3.8) is 0 Å². The molecule has 2 heterocycles. The Morgan fingerprint density at radius 3 is 2.84 bits per heavy atom. The van der Waals surface area contributed by atoms with Gasteiger partial charge < -0.3 is 15.2 Å². The van der Waals surface area contributed by atoms with Crippen LogP contribution in [0.5, 0.6) is 5.75 Å². The molecule has 3 N–H and O–H groups in total. The lowest BCUT2D eigenvalue weighted by atomic mass is 10.0. The molecule has 7 heteroatoms. The minimum absolute atomic E-state index is 0.0272. The number of hydrogen-bond donors (Lipinski definition) is 2. The van der Waals surface area contributed by atoms with E-state index in [1.807, 2.05) is 13.8 Å². The van der Waals surface area contributed by atoms with Gasteiger partial charge in [0.2, 0.25) is 0 Å². The summed E-state index contributed by atoms with van der Waals surface area (Å²) in [5, 5.41) is 8.51.